The van der Waals surface area contributed by atoms with Crippen LogP contribution in [-0.2, 0) is 4.74 Å². The summed E-state index contributed by atoms with van der Waals surface area (Å²) in [4.78, 5) is 26.9. The molecule has 28 heavy (non-hydrogen) atoms. The van der Waals surface area contributed by atoms with Gasteiger partial charge in [0.1, 0.15) is 0 Å². The van der Waals surface area contributed by atoms with E-state index in [4.69, 9.17) is 4.74 Å². The molecule has 1 saturated heterocycles. The number of carboxylic acids is 1. The van der Waals surface area contributed by atoms with Crippen molar-refractivity contribution < 1.29 is 19.4 Å². The zero-order chi connectivity index (χ0) is 19.5. The summed E-state index contributed by atoms with van der Waals surface area (Å²) >= 11 is 0. The monoisotopic (exact) mass is 377 g/mol. The molecule has 1 aliphatic heterocycles. The van der Waals surface area contributed by atoms with Gasteiger partial charge in [0.05, 0.1) is 24.5 Å². The highest BCUT2D eigenvalue weighted by Gasteiger charge is 2.25. The Hall–Kier alpha value is -3.45. The van der Waals surface area contributed by atoms with E-state index in [0.717, 1.165) is 0 Å². The third-order valence-corrected chi connectivity index (χ3v) is 4.80. The number of rotatable bonds is 4. The van der Waals surface area contributed by atoms with Crippen molar-refractivity contribution in [1.82, 2.24) is 15.1 Å². The summed E-state index contributed by atoms with van der Waals surface area (Å²) in [7, 11) is 0. The lowest BCUT2D eigenvalue weighted by molar-refractivity contribution is 0.0303. The van der Waals surface area contributed by atoms with Crippen LogP contribution in [0.3, 0.4) is 0 Å². The highest BCUT2D eigenvalue weighted by atomic mass is 16.5. The molecular weight excluding hydrogens is 358 g/mol. The van der Waals surface area contributed by atoms with E-state index in [-0.39, 0.29) is 11.5 Å². The van der Waals surface area contributed by atoms with Crippen molar-refractivity contribution in [3.63, 3.8) is 0 Å². The molecule has 0 radical (unpaired) electrons. The second kappa shape index (κ2) is 7.66. The summed E-state index contributed by atoms with van der Waals surface area (Å²) < 4.78 is 5.34. The second-order valence-electron chi connectivity index (χ2n) is 6.44. The van der Waals surface area contributed by atoms with Crippen molar-refractivity contribution >= 4 is 11.9 Å². The number of carbonyl (C=O) groups excluding carboxylic acids is 1. The number of nitrogens with zero attached hydrogens (tertiary/aromatic N) is 2. The fraction of sp³-hybridized carbons (Fsp3) is 0.190. The van der Waals surface area contributed by atoms with Gasteiger partial charge in [-0.05, 0) is 23.8 Å². The molecule has 1 aliphatic rings. The number of H-pyrrole nitrogens is 1. The first-order chi connectivity index (χ1) is 13.7. The van der Waals surface area contributed by atoms with Gasteiger partial charge in [0.2, 0.25) is 0 Å². The van der Waals surface area contributed by atoms with Crippen molar-refractivity contribution in [2.45, 2.75) is 0 Å². The standard InChI is InChI=1S/C21H19N3O4/c25-20(24-10-12-28-13-11-24)15-5-2-1-4-14(15)19-16(18-8-9-22-23-18)6-3-7-17(19)21(26)27/h1-9H,10-13H2,(H,22,23)(H,26,27). The molecule has 1 fully saturated rings. The highest BCUT2D eigenvalue weighted by Crippen LogP contribution is 2.36. The molecule has 7 heteroatoms. The summed E-state index contributed by atoms with van der Waals surface area (Å²) in [6.07, 6.45) is 1.68. The average molecular weight is 377 g/mol. The normalized spacial score (nSPS) is 14.1. The number of aromatic carboxylic acids is 1. The number of nitrogens with one attached hydrogen (secondary N) is 1. The van der Waals surface area contributed by atoms with Gasteiger partial charge in [0.25, 0.3) is 5.91 Å². The van der Waals surface area contributed by atoms with E-state index in [0.29, 0.717) is 54.3 Å². The number of hydrogen-bond acceptors (Lipinski definition) is 4. The van der Waals surface area contributed by atoms with Gasteiger partial charge in [-0.2, -0.15) is 5.10 Å². The number of aromatic nitrogens is 2. The Kier molecular flexibility index (Phi) is 4.90. The highest BCUT2D eigenvalue weighted by molar-refractivity contribution is 6.07. The van der Waals surface area contributed by atoms with E-state index >= 15 is 0 Å². The number of amides is 1. The molecule has 1 amide bonds. The van der Waals surface area contributed by atoms with Gasteiger partial charge in [-0.1, -0.05) is 30.3 Å². The second-order valence-corrected chi connectivity index (χ2v) is 6.44. The third kappa shape index (κ3) is 3.27. The van der Waals surface area contributed by atoms with Crippen LogP contribution in [0.15, 0.2) is 54.7 Å². The quantitative estimate of drug-likeness (QED) is 0.729. The molecular formula is C21H19N3O4. The summed E-state index contributed by atoms with van der Waals surface area (Å²) in [5, 5.41) is 16.8. The molecule has 7 nitrogen and oxygen atoms in total. The first-order valence-electron chi connectivity index (χ1n) is 8.99. The van der Waals surface area contributed by atoms with E-state index in [2.05, 4.69) is 10.2 Å². The molecule has 0 saturated carbocycles. The summed E-state index contributed by atoms with van der Waals surface area (Å²) in [6.45, 7) is 2.02. The predicted octanol–water partition coefficient (Wildman–Crippen LogP) is 2.91. The number of carbonyl (C=O) groups is 2. The first kappa shape index (κ1) is 17.9. The molecule has 4 rings (SSSR count). The number of morpholine rings is 1. The molecule has 3 aromatic rings. The fourth-order valence-corrected chi connectivity index (χ4v) is 3.47. The van der Waals surface area contributed by atoms with Gasteiger partial charge < -0.3 is 14.7 Å². The van der Waals surface area contributed by atoms with Crippen molar-refractivity contribution in [3.05, 3.63) is 65.9 Å². The van der Waals surface area contributed by atoms with Crippen LogP contribution in [0.25, 0.3) is 22.4 Å². The lowest BCUT2D eigenvalue weighted by atomic mass is 9.89. The summed E-state index contributed by atoms with van der Waals surface area (Å²) in [5.74, 6) is -1.19. The van der Waals surface area contributed by atoms with Gasteiger partial charge in [0, 0.05) is 36.0 Å². The Morgan fingerprint density at radius 2 is 1.68 bits per heavy atom. The van der Waals surface area contributed by atoms with Gasteiger partial charge in [0.15, 0.2) is 0 Å². The van der Waals surface area contributed by atoms with E-state index in [1.165, 1.54) is 0 Å². The molecule has 0 bridgehead atoms. The number of benzene rings is 2. The van der Waals surface area contributed by atoms with E-state index in [1.807, 2.05) is 6.07 Å². The van der Waals surface area contributed by atoms with Crippen molar-refractivity contribution in [2.75, 3.05) is 26.3 Å². The number of hydrogen-bond donors (Lipinski definition) is 2. The van der Waals surface area contributed by atoms with Crippen LogP contribution in [0.4, 0.5) is 0 Å². The smallest absolute Gasteiger partial charge is 0.336 e. The predicted molar refractivity (Wildman–Crippen MR) is 103 cm³/mol. The largest absolute Gasteiger partial charge is 0.478 e. The van der Waals surface area contributed by atoms with Crippen LogP contribution in [0.2, 0.25) is 0 Å². The third-order valence-electron chi connectivity index (χ3n) is 4.80. The van der Waals surface area contributed by atoms with E-state index in [9.17, 15) is 14.7 Å². The molecule has 0 unspecified atom stereocenters. The zero-order valence-corrected chi connectivity index (χ0v) is 15.1. The first-order valence-corrected chi connectivity index (χ1v) is 8.99. The van der Waals surface area contributed by atoms with E-state index < -0.39 is 5.97 Å². The van der Waals surface area contributed by atoms with Crippen molar-refractivity contribution in [2.24, 2.45) is 0 Å². The van der Waals surface area contributed by atoms with Gasteiger partial charge in [-0.25, -0.2) is 4.79 Å². The number of carboxylic acid groups (broad SMARTS) is 1. The van der Waals surface area contributed by atoms with Crippen LogP contribution in [0.1, 0.15) is 20.7 Å². The number of aromatic amines is 1. The van der Waals surface area contributed by atoms with E-state index in [1.54, 1.807) is 53.6 Å². The molecule has 0 atom stereocenters. The Balaban J connectivity index is 1.90. The Bertz CT molecular complexity index is 1010. The minimum atomic E-state index is -1.05. The molecule has 0 spiro atoms. The summed E-state index contributed by atoms with van der Waals surface area (Å²) in [6, 6.07) is 13.9. The SMILES string of the molecule is O=C(O)c1cccc(-c2cc[nH]n2)c1-c1ccccc1C(=O)N1CCOCC1. The maximum Gasteiger partial charge on any atom is 0.336 e. The van der Waals surface area contributed by atoms with Crippen molar-refractivity contribution in [1.29, 1.82) is 0 Å². The maximum atomic E-state index is 13.2. The Morgan fingerprint density at radius 3 is 2.39 bits per heavy atom. The Labute approximate surface area is 161 Å². The summed E-state index contributed by atoms with van der Waals surface area (Å²) in [5.41, 5.74) is 2.93. The van der Waals surface area contributed by atoms with Crippen LogP contribution in [0.5, 0.6) is 0 Å². The molecule has 142 valence electrons. The average Bonchev–Trinajstić information content (AvgIpc) is 3.28. The van der Waals surface area contributed by atoms with Crippen molar-refractivity contribution in [3.8, 4) is 22.4 Å². The Morgan fingerprint density at radius 1 is 0.964 bits per heavy atom. The zero-order valence-electron chi connectivity index (χ0n) is 15.1. The van der Waals surface area contributed by atoms with Gasteiger partial charge in [-0.3, -0.25) is 9.89 Å². The lowest BCUT2D eigenvalue weighted by Crippen LogP contribution is -2.40. The topological polar surface area (TPSA) is 95.5 Å². The van der Waals surface area contributed by atoms with Gasteiger partial charge in [-0.15, -0.1) is 0 Å². The van der Waals surface area contributed by atoms with Crippen LogP contribution >= 0.6 is 0 Å². The van der Waals surface area contributed by atoms with Crippen LogP contribution < -0.4 is 0 Å². The number of ether oxygens (including phenoxy) is 1. The molecule has 2 aromatic carbocycles. The fourth-order valence-electron chi connectivity index (χ4n) is 3.47. The van der Waals surface area contributed by atoms with Crippen LogP contribution in [0, 0.1) is 0 Å². The molecule has 1 aromatic heterocycles. The minimum Gasteiger partial charge on any atom is -0.478 e. The molecule has 0 aliphatic carbocycles. The maximum absolute atomic E-state index is 13.2. The van der Waals surface area contributed by atoms with Crippen LogP contribution in [-0.4, -0.2) is 58.4 Å². The molecule has 2 N–H and O–H groups in total. The molecule has 2 heterocycles. The minimum absolute atomic E-state index is 0.128. The lowest BCUT2D eigenvalue weighted by Gasteiger charge is -2.28. The van der Waals surface area contributed by atoms with Gasteiger partial charge >= 0.3 is 5.97 Å².